The van der Waals surface area contributed by atoms with Gasteiger partial charge in [0.25, 0.3) is 0 Å². The van der Waals surface area contributed by atoms with Crippen LogP contribution < -0.4 is 9.80 Å². The smallest absolute Gasteiger partial charge is 0.128 e. The number of aromatic nitrogens is 2. The second kappa shape index (κ2) is 5.67. The van der Waals surface area contributed by atoms with Crippen molar-refractivity contribution in [3.8, 4) is 0 Å². The van der Waals surface area contributed by atoms with Crippen LogP contribution in [0.15, 0.2) is 42.9 Å². The van der Waals surface area contributed by atoms with Crippen molar-refractivity contribution >= 4 is 23.1 Å². The predicted octanol–water partition coefficient (Wildman–Crippen LogP) is 2.85. The topological polar surface area (TPSA) is 32.3 Å². The van der Waals surface area contributed by atoms with Crippen molar-refractivity contribution in [1.29, 1.82) is 0 Å². The summed E-state index contributed by atoms with van der Waals surface area (Å²) in [4.78, 5) is 13.2. The zero-order chi connectivity index (χ0) is 13.9. The highest BCUT2D eigenvalue weighted by atomic mass is 35.5. The van der Waals surface area contributed by atoms with Gasteiger partial charge < -0.3 is 9.80 Å². The zero-order valence-corrected chi connectivity index (χ0v) is 12.2. The minimum absolute atomic E-state index is 0.434. The highest BCUT2D eigenvalue weighted by Gasteiger charge is 2.24. The highest BCUT2D eigenvalue weighted by Crippen LogP contribution is 2.22. The Morgan fingerprint density at radius 3 is 2.60 bits per heavy atom. The standard InChI is InChI=1S/C15H17ClN4/c1-12-11-19(15-3-2-13(16)10-18-15)8-9-20(12)14-4-6-17-7-5-14/h2-7,10,12H,8-9,11H2,1H3. The average Bonchev–Trinajstić information content (AvgIpc) is 2.49. The fourth-order valence-corrected chi connectivity index (χ4v) is 2.75. The van der Waals surface area contributed by atoms with Gasteiger partial charge in [-0.25, -0.2) is 4.98 Å². The predicted molar refractivity (Wildman–Crippen MR) is 82.5 cm³/mol. The monoisotopic (exact) mass is 288 g/mol. The number of piperazine rings is 1. The third kappa shape index (κ3) is 2.70. The SMILES string of the molecule is CC1CN(c2ccc(Cl)cn2)CCN1c1ccncc1. The van der Waals surface area contributed by atoms with E-state index in [1.807, 2.05) is 24.5 Å². The molecule has 0 aliphatic carbocycles. The van der Waals surface area contributed by atoms with E-state index in [1.54, 1.807) is 6.20 Å². The first kappa shape index (κ1) is 13.2. The van der Waals surface area contributed by atoms with Crippen LogP contribution in [0.5, 0.6) is 0 Å². The molecule has 2 aromatic heterocycles. The first-order valence-electron chi connectivity index (χ1n) is 6.77. The summed E-state index contributed by atoms with van der Waals surface area (Å²) >= 11 is 5.89. The van der Waals surface area contributed by atoms with Crippen LogP contribution in [-0.2, 0) is 0 Å². The van der Waals surface area contributed by atoms with Crippen molar-refractivity contribution in [2.24, 2.45) is 0 Å². The van der Waals surface area contributed by atoms with Crippen molar-refractivity contribution in [2.75, 3.05) is 29.4 Å². The van der Waals surface area contributed by atoms with E-state index >= 15 is 0 Å². The lowest BCUT2D eigenvalue weighted by Crippen LogP contribution is -2.52. The Balaban J connectivity index is 1.72. The van der Waals surface area contributed by atoms with Gasteiger partial charge in [0, 0.05) is 50.0 Å². The molecule has 0 amide bonds. The zero-order valence-electron chi connectivity index (χ0n) is 11.4. The van der Waals surface area contributed by atoms with Crippen LogP contribution in [0.1, 0.15) is 6.92 Å². The average molecular weight is 289 g/mol. The number of rotatable bonds is 2. The number of nitrogens with zero attached hydrogens (tertiary/aromatic N) is 4. The van der Waals surface area contributed by atoms with Crippen LogP contribution in [0.2, 0.25) is 5.02 Å². The molecule has 1 aliphatic rings. The van der Waals surface area contributed by atoms with E-state index in [1.165, 1.54) is 5.69 Å². The van der Waals surface area contributed by atoms with Gasteiger partial charge in [-0.3, -0.25) is 4.98 Å². The molecule has 3 heterocycles. The van der Waals surface area contributed by atoms with Gasteiger partial charge in [-0.05, 0) is 31.2 Å². The maximum atomic E-state index is 5.89. The molecule has 20 heavy (non-hydrogen) atoms. The van der Waals surface area contributed by atoms with E-state index in [9.17, 15) is 0 Å². The van der Waals surface area contributed by atoms with Crippen LogP contribution >= 0.6 is 11.6 Å². The van der Waals surface area contributed by atoms with Crippen LogP contribution in [0.3, 0.4) is 0 Å². The van der Waals surface area contributed by atoms with Gasteiger partial charge in [0.15, 0.2) is 0 Å². The van der Waals surface area contributed by atoms with Crippen molar-refractivity contribution in [1.82, 2.24) is 9.97 Å². The number of anilines is 2. The van der Waals surface area contributed by atoms with E-state index in [-0.39, 0.29) is 0 Å². The van der Waals surface area contributed by atoms with Crippen molar-refractivity contribution in [3.05, 3.63) is 47.9 Å². The molecule has 1 saturated heterocycles. The Morgan fingerprint density at radius 2 is 1.95 bits per heavy atom. The summed E-state index contributed by atoms with van der Waals surface area (Å²) < 4.78 is 0. The first-order chi connectivity index (χ1) is 9.74. The number of pyridine rings is 2. The van der Waals surface area contributed by atoms with Crippen LogP contribution in [-0.4, -0.2) is 35.6 Å². The molecular weight excluding hydrogens is 272 g/mol. The summed E-state index contributed by atoms with van der Waals surface area (Å²) in [6.07, 6.45) is 5.39. The van der Waals surface area contributed by atoms with E-state index in [4.69, 9.17) is 11.6 Å². The number of halogens is 1. The molecule has 4 nitrogen and oxygen atoms in total. The summed E-state index contributed by atoms with van der Waals surface area (Å²) in [6, 6.07) is 8.43. The maximum absolute atomic E-state index is 5.89. The minimum atomic E-state index is 0.434. The molecule has 104 valence electrons. The van der Waals surface area contributed by atoms with Crippen LogP contribution in [0.4, 0.5) is 11.5 Å². The number of hydrogen-bond donors (Lipinski definition) is 0. The molecular formula is C15H17ClN4. The molecule has 1 atom stereocenters. The molecule has 0 bridgehead atoms. The molecule has 0 aromatic carbocycles. The van der Waals surface area contributed by atoms with E-state index in [2.05, 4.69) is 38.8 Å². The normalized spacial score (nSPS) is 19.2. The quantitative estimate of drug-likeness (QED) is 0.851. The first-order valence-corrected chi connectivity index (χ1v) is 7.15. The summed E-state index contributed by atoms with van der Waals surface area (Å²) in [5, 5.41) is 0.678. The summed E-state index contributed by atoms with van der Waals surface area (Å²) in [7, 11) is 0. The third-order valence-corrected chi connectivity index (χ3v) is 3.88. The van der Waals surface area contributed by atoms with Gasteiger partial charge in [-0.2, -0.15) is 0 Å². The Morgan fingerprint density at radius 1 is 1.15 bits per heavy atom. The van der Waals surface area contributed by atoms with Gasteiger partial charge in [0.05, 0.1) is 5.02 Å². The third-order valence-electron chi connectivity index (χ3n) is 3.66. The molecule has 2 aromatic rings. The van der Waals surface area contributed by atoms with Gasteiger partial charge in [-0.1, -0.05) is 11.6 Å². The van der Waals surface area contributed by atoms with Gasteiger partial charge in [-0.15, -0.1) is 0 Å². The molecule has 1 fully saturated rings. The molecule has 0 N–H and O–H groups in total. The molecule has 5 heteroatoms. The second-order valence-corrected chi connectivity index (χ2v) is 5.46. The fourth-order valence-electron chi connectivity index (χ4n) is 2.64. The Bertz CT molecular complexity index is 558. The van der Waals surface area contributed by atoms with E-state index in [0.717, 1.165) is 25.5 Å². The minimum Gasteiger partial charge on any atom is -0.365 e. The fraction of sp³-hybridized carbons (Fsp3) is 0.333. The summed E-state index contributed by atoms with van der Waals surface area (Å²) in [6.45, 7) is 5.14. The molecule has 1 aliphatic heterocycles. The Labute approximate surface area is 124 Å². The van der Waals surface area contributed by atoms with E-state index in [0.29, 0.717) is 11.1 Å². The molecule has 0 saturated carbocycles. The Hall–Kier alpha value is -1.81. The van der Waals surface area contributed by atoms with Gasteiger partial charge in [0.2, 0.25) is 0 Å². The summed E-state index contributed by atoms with van der Waals surface area (Å²) in [5.74, 6) is 0.996. The van der Waals surface area contributed by atoms with E-state index < -0.39 is 0 Å². The number of hydrogen-bond acceptors (Lipinski definition) is 4. The molecule has 0 radical (unpaired) electrons. The molecule has 1 unspecified atom stereocenters. The van der Waals surface area contributed by atoms with Crippen LogP contribution in [0.25, 0.3) is 0 Å². The second-order valence-electron chi connectivity index (χ2n) is 5.03. The maximum Gasteiger partial charge on any atom is 0.128 e. The van der Waals surface area contributed by atoms with Crippen LogP contribution in [0, 0.1) is 0 Å². The van der Waals surface area contributed by atoms with Crippen molar-refractivity contribution in [3.63, 3.8) is 0 Å². The Kier molecular flexibility index (Phi) is 3.74. The lowest BCUT2D eigenvalue weighted by Gasteiger charge is -2.41. The lowest BCUT2D eigenvalue weighted by molar-refractivity contribution is 0.547. The highest BCUT2D eigenvalue weighted by molar-refractivity contribution is 6.30. The van der Waals surface area contributed by atoms with Crippen molar-refractivity contribution in [2.45, 2.75) is 13.0 Å². The van der Waals surface area contributed by atoms with Gasteiger partial charge in [0.1, 0.15) is 5.82 Å². The molecule has 3 rings (SSSR count). The van der Waals surface area contributed by atoms with Crippen molar-refractivity contribution < 1.29 is 0 Å². The summed E-state index contributed by atoms with van der Waals surface area (Å²) in [5.41, 5.74) is 1.23. The largest absolute Gasteiger partial charge is 0.365 e. The van der Waals surface area contributed by atoms with Gasteiger partial charge >= 0.3 is 0 Å². The molecule has 0 spiro atoms. The lowest BCUT2D eigenvalue weighted by atomic mass is 10.1.